The van der Waals surface area contributed by atoms with E-state index in [1.54, 1.807) is 6.20 Å². The first-order valence-electron chi connectivity index (χ1n) is 6.74. The van der Waals surface area contributed by atoms with Crippen LogP contribution in [0.3, 0.4) is 0 Å². The van der Waals surface area contributed by atoms with Crippen LogP contribution < -0.4 is 10.6 Å². The number of pyridine rings is 1. The minimum atomic E-state index is -0.266. The summed E-state index contributed by atoms with van der Waals surface area (Å²) in [6, 6.07) is 5.14. The van der Waals surface area contributed by atoms with E-state index in [-0.39, 0.29) is 5.82 Å². The molecule has 3 nitrogen and oxygen atoms in total. The molecular weight excluding hydrogens is 241 g/mol. The standard InChI is InChI=1S/C15H18FN3/c1-10-4-7-19(8-5-10)15-12(16)9-13(17)11-3-2-6-18-14(11)15/h2-3,6,9-10H,4-5,7-8,17H2,1H3. The van der Waals surface area contributed by atoms with Crippen molar-refractivity contribution in [3.8, 4) is 0 Å². The number of aromatic nitrogens is 1. The van der Waals surface area contributed by atoms with E-state index in [0.29, 0.717) is 22.8 Å². The van der Waals surface area contributed by atoms with Crippen molar-refractivity contribution in [3.05, 3.63) is 30.2 Å². The minimum Gasteiger partial charge on any atom is -0.398 e. The van der Waals surface area contributed by atoms with E-state index < -0.39 is 0 Å². The molecule has 4 heteroatoms. The molecule has 1 aliphatic rings. The molecule has 0 unspecified atom stereocenters. The number of nitrogens with zero attached hydrogens (tertiary/aromatic N) is 2. The van der Waals surface area contributed by atoms with Crippen LogP contribution in [0.5, 0.6) is 0 Å². The molecular formula is C15H18FN3. The lowest BCUT2D eigenvalue weighted by Gasteiger charge is -2.32. The number of rotatable bonds is 1. The molecule has 0 bridgehead atoms. The number of hydrogen-bond donors (Lipinski definition) is 1. The molecule has 2 aromatic rings. The van der Waals surface area contributed by atoms with Gasteiger partial charge >= 0.3 is 0 Å². The molecule has 3 rings (SSSR count). The van der Waals surface area contributed by atoms with E-state index in [9.17, 15) is 4.39 Å². The quantitative estimate of drug-likeness (QED) is 0.800. The molecule has 0 aliphatic carbocycles. The number of fused-ring (bicyclic) bond motifs is 1. The summed E-state index contributed by atoms with van der Waals surface area (Å²) in [6.07, 6.45) is 3.88. The number of anilines is 2. The van der Waals surface area contributed by atoms with Crippen molar-refractivity contribution >= 4 is 22.3 Å². The second-order valence-corrected chi connectivity index (χ2v) is 5.37. The van der Waals surface area contributed by atoms with Gasteiger partial charge in [-0.15, -0.1) is 0 Å². The SMILES string of the molecule is CC1CCN(c2c(F)cc(N)c3cccnc23)CC1. The van der Waals surface area contributed by atoms with Gasteiger partial charge in [0.1, 0.15) is 0 Å². The van der Waals surface area contributed by atoms with E-state index in [1.165, 1.54) is 6.07 Å². The fourth-order valence-corrected chi connectivity index (χ4v) is 2.76. The second kappa shape index (κ2) is 4.68. The first-order valence-corrected chi connectivity index (χ1v) is 6.74. The van der Waals surface area contributed by atoms with Crippen molar-refractivity contribution in [3.63, 3.8) is 0 Å². The van der Waals surface area contributed by atoms with E-state index >= 15 is 0 Å². The van der Waals surface area contributed by atoms with Crippen molar-refractivity contribution in [2.45, 2.75) is 19.8 Å². The van der Waals surface area contributed by atoms with Crippen LogP contribution in [-0.4, -0.2) is 18.1 Å². The number of piperidine rings is 1. The molecule has 0 saturated carbocycles. The number of halogens is 1. The van der Waals surface area contributed by atoms with Crippen LogP contribution in [0.4, 0.5) is 15.8 Å². The molecule has 1 aromatic carbocycles. The summed E-state index contributed by atoms with van der Waals surface area (Å²) in [5, 5.41) is 0.831. The number of nitrogen functional groups attached to an aromatic ring is 1. The summed E-state index contributed by atoms with van der Waals surface area (Å²) < 4.78 is 14.3. The molecule has 0 radical (unpaired) electrons. The molecule has 1 saturated heterocycles. The monoisotopic (exact) mass is 259 g/mol. The maximum Gasteiger partial charge on any atom is 0.150 e. The average Bonchev–Trinajstić information content (AvgIpc) is 2.41. The van der Waals surface area contributed by atoms with Gasteiger partial charge in [0, 0.05) is 30.4 Å². The summed E-state index contributed by atoms with van der Waals surface area (Å²) in [5.74, 6) is 0.450. The molecule has 1 fully saturated rings. The Morgan fingerprint density at radius 3 is 2.84 bits per heavy atom. The normalized spacial score (nSPS) is 17.1. The Morgan fingerprint density at radius 1 is 1.37 bits per heavy atom. The fourth-order valence-electron chi connectivity index (χ4n) is 2.76. The van der Waals surface area contributed by atoms with Crippen LogP contribution in [0.2, 0.25) is 0 Å². The molecule has 0 spiro atoms. The lowest BCUT2D eigenvalue weighted by Crippen LogP contribution is -2.33. The van der Waals surface area contributed by atoms with Crippen LogP contribution in [0.15, 0.2) is 24.4 Å². The van der Waals surface area contributed by atoms with Crippen molar-refractivity contribution in [1.29, 1.82) is 0 Å². The zero-order chi connectivity index (χ0) is 13.4. The average molecular weight is 259 g/mol. The van der Waals surface area contributed by atoms with Gasteiger partial charge in [0.25, 0.3) is 0 Å². The maximum atomic E-state index is 14.3. The van der Waals surface area contributed by atoms with Gasteiger partial charge in [-0.05, 0) is 37.0 Å². The Morgan fingerprint density at radius 2 is 2.11 bits per heavy atom. The second-order valence-electron chi connectivity index (χ2n) is 5.37. The number of nitrogens with two attached hydrogens (primary N) is 1. The third-order valence-electron chi connectivity index (χ3n) is 3.95. The molecule has 2 N–H and O–H groups in total. The largest absolute Gasteiger partial charge is 0.398 e. The summed E-state index contributed by atoms with van der Waals surface area (Å²) in [5.41, 5.74) is 7.62. The zero-order valence-electron chi connectivity index (χ0n) is 11.1. The van der Waals surface area contributed by atoms with Crippen molar-refractivity contribution < 1.29 is 4.39 Å². The Balaban J connectivity index is 2.12. The van der Waals surface area contributed by atoms with Crippen molar-refractivity contribution in [1.82, 2.24) is 4.98 Å². The first kappa shape index (κ1) is 12.2. The third kappa shape index (κ3) is 2.11. The first-order chi connectivity index (χ1) is 9.16. The Kier molecular flexibility index (Phi) is 3.01. The van der Waals surface area contributed by atoms with Gasteiger partial charge in [0.05, 0.1) is 11.2 Å². The Labute approximate surface area is 112 Å². The highest BCUT2D eigenvalue weighted by Crippen LogP contribution is 2.34. The molecule has 1 aromatic heterocycles. The van der Waals surface area contributed by atoms with E-state index in [1.807, 2.05) is 12.1 Å². The molecule has 0 amide bonds. The van der Waals surface area contributed by atoms with Crippen LogP contribution in [-0.2, 0) is 0 Å². The van der Waals surface area contributed by atoms with Gasteiger partial charge in [-0.1, -0.05) is 6.92 Å². The maximum absolute atomic E-state index is 14.3. The van der Waals surface area contributed by atoms with E-state index in [0.717, 1.165) is 31.3 Å². The van der Waals surface area contributed by atoms with Crippen LogP contribution in [0.25, 0.3) is 10.9 Å². The minimum absolute atomic E-state index is 0.266. The lowest BCUT2D eigenvalue weighted by molar-refractivity contribution is 0.435. The summed E-state index contributed by atoms with van der Waals surface area (Å²) >= 11 is 0. The van der Waals surface area contributed by atoms with Gasteiger partial charge in [0.2, 0.25) is 0 Å². The van der Waals surface area contributed by atoms with Gasteiger partial charge < -0.3 is 10.6 Å². The summed E-state index contributed by atoms with van der Waals surface area (Å²) in [7, 11) is 0. The van der Waals surface area contributed by atoms with Crippen molar-refractivity contribution in [2.75, 3.05) is 23.7 Å². The molecule has 2 heterocycles. The topological polar surface area (TPSA) is 42.1 Å². The predicted octanol–water partition coefficient (Wildman–Crippen LogP) is 3.19. The highest BCUT2D eigenvalue weighted by molar-refractivity contribution is 5.98. The highest BCUT2D eigenvalue weighted by Gasteiger charge is 2.22. The Hall–Kier alpha value is -1.84. The Bertz CT molecular complexity index is 604. The van der Waals surface area contributed by atoms with Gasteiger partial charge in [-0.3, -0.25) is 4.98 Å². The molecule has 1 aliphatic heterocycles. The van der Waals surface area contributed by atoms with Crippen LogP contribution in [0.1, 0.15) is 19.8 Å². The molecule has 100 valence electrons. The molecule has 19 heavy (non-hydrogen) atoms. The fraction of sp³-hybridized carbons (Fsp3) is 0.400. The highest BCUT2D eigenvalue weighted by atomic mass is 19.1. The number of benzene rings is 1. The summed E-state index contributed by atoms with van der Waals surface area (Å²) in [4.78, 5) is 6.44. The van der Waals surface area contributed by atoms with E-state index in [4.69, 9.17) is 5.73 Å². The third-order valence-corrected chi connectivity index (χ3v) is 3.95. The van der Waals surface area contributed by atoms with Crippen molar-refractivity contribution in [2.24, 2.45) is 5.92 Å². The lowest BCUT2D eigenvalue weighted by atomic mass is 9.98. The molecule has 0 atom stereocenters. The van der Waals surface area contributed by atoms with Gasteiger partial charge in [-0.25, -0.2) is 4.39 Å². The summed E-state index contributed by atoms with van der Waals surface area (Å²) in [6.45, 7) is 4.01. The van der Waals surface area contributed by atoms with E-state index in [2.05, 4.69) is 16.8 Å². The van der Waals surface area contributed by atoms with Gasteiger partial charge in [0.15, 0.2) is 5.82 Å². The smallest absolute Gasteiger partial charge is 0.150 e. The zero-order valence-corrected chi connectivity index (χ0v) is 11.1. The van der Waals surface area contributed by atoms with Gasteiger partial charge in [-0.2, -0.15) is 0 Å². The number of hydrogen-bond acceptors (Lipinski definition) is 3. The van der Waals surface area contributed by atoms with Crippen LogP contribution >= 0.6 is 0 Å². The predicted molar refractivity (Wildman–Crippen MR) is 76.7 cm³/mol. The van der Waals surface area contributed by atoms with Crippen LogP contribution in [0, 0.1) is 11.7 Å².